The summed E-state index contributed by atoms with van der Waals surface area (Å²) in [5, 5.41) is 20.2. The van der Waals surface area contributed by atoms with Crippen LogP contribution in [0.15, 0.2) is 47.2 Å². The molecule has 42 heavy (non-hydrogen) atoms. The SMILES string of the molecule is Cc1c(-c2ncco2)sc(N(C=O)CC(OC2CC3CC(O)CC3C2)c2ccccc2)c1C(=O)N(C)C(C)(C)C(=O)O. The Hall–Kier alpha value is -3.54. The Kier molecular flexibility index (Phi) is 8.54. The fraction of sp³-hybridized carbons (Fsp3) is 0.484. The monoisotopic (exact) mass is 595 g/mol. The lowest BCUT2D eigenvalue weighted by Gasteiger charge is -2.33. The maximum atomic E-state index is 13.9. The number of fused-ring (bicyclic) bond motifs is 1. The number of carboxylic acid groups (broad SMARTS) is 1. The number of hydrogen-bond acceptors (Lipinski definition) is 8. The number of carboxylic acids is 1. The maximum Gasteiger partial charge on any atom is 0.329 e. The summed E-state index contributed by atoms with van der Waals surface area (Å²) in [5.41, 5.74) is 0.163. The van der Waals surface area contributed by atoms with Gasteiger partial charge >= 0.3 is 5.97 Å². The van der Waals surface area contributed by atoms with Crippen LogP contribution in [-0.4, -0.2) is 69.7 Å². The number of aromatic nitrogens is 1. The molecule has 0 saturated heterocycles. The number of carbonyl (C=O) groups excluding carboxylic acids is 2. The average Bonchev–Trinajstić information content (AvgIpc) is 3.75. The molecule has 2 aromatic heterocycles. The number of aliphatic hydroxyl groups excluding tert-OH is 1. The van der Waals surface area contributed by atoms with Crippen LogP contribution in [-0.2, 0) is 14.3 Å². The van der Waals surface area contributed by atoms with Gasteiger partial charge in [0.25, 0.3) is 5.91 Å². The van der Waals surface area contributed by atoms with E-state index in [1.165, 1.54) is 54.5 Å². The molecule has 0 radical (unpaired) electrons. The second kappa shape index (κ2) is 12.0. The minimum Gasteiger partial charge on any atom is -0.480 e. The largest absolute Gasteiger partial charge is 0.480 e. The molecule has 2 N–H and O–H groups in total. The number of aliphatic carboxylic acids is 1. The van der Waals surface area contributed by atoms with Gasteiger partial charge in [0.1, 0.15) is 22.9 Å². The highest BCUT2D eigenvalue weighted by Gasteiger charge is 2.43. The molecular weight excluding hydrogens is 558 g/mol. The molecule has 0 bridgehead atoms. The summed E-state index contributed by atoms with van der Waals surface area (Å²) in [6, 6.07) is 9.68. The summed E-state index contributed by atoms with van der Waals surface area (Å²) in [5.74, 6) is -0.512. The Balaban J connectivity index is 1.50. The maximum absolute atomic E-state index is 13.9. The van der Waals surface area contributed by atoms with Crippen LogP contribution < -0.4 is 4.90 Å². The molecule has 3 unspecified atom stereocenters. The van der Waals surface area contributed by atoms with E-state index in [1.54, 1.807) is 6.92 Å². The summed E-state index contributed by atoms with van der Waals surface area (Å²) < 4.78 is 12.2. The van der Waals surface area contributed by atoms with Gasteiger partial charge in [-0.3, -0.25) is 9.59 Å². The van der Waals surface area contributed by atoms with Crippen LogP contribution in [0.2, 0.25) is 0 Å². The lowest BCUT2D eigenvalue weighted by atomic mass is 10.0. The van der Waals surface area contributed by atoms with Gasteiger partial charge in [-0.05, 0) is 69.4 Å². The van der Waals surface area contributed by atoms with E-state index in [0.717, 1.165) is 31.2 Å². The van der Waals surface area contributed by atoms with Crippen molar-refractivity contribution in [2.45, 2.75) is 70.3 Å². The summed E-state index contributed by atoms with van der Waals surface area (Å²) in [4.78, 5) is 46.2. The van der Waals surface area contributed by atoms with Crippen LogP contribution in [0.25, 0.3) is 10.8 Å². The Morgan fingerprint density at radius 3 is 2.43 bits per heavy atom. The molecule has 2 heterocycles. The molecule has 0 aliphatic heterocycles. The summed E-state index contributed by atoms with van der Waals surface area (Å²) in [6.07, 6.45) is 6.20. The van der Waals surface area contributed by atoms with Crippen LogP contribution in [0.4, 0.5) is 5.00 Å². The van der Waals surface area contributed by atoms with Crippen LogP contribution in [0.1, 0.15) is 67.1 Å². The van der Waals surface area contributed by atoms with Crippen molar-refractivity contribution >= 4 is 34.6 Å². The van der Waals surface area contributed by atoms with Gasteiger partial charge in [-0.25, -0.2) is 9.78 Å². The minimum atomic E-state index is -1.50. The third-order valence-electron chi connectivity index (χ3n) is 8.86. The number of oxazole rings is 1. The molecule has 2 amide bonds. The molecule has 2 aliphatic rings. The lowest BCUT2D eigenvalue weighted by Crippen LogP contribution is -2.51. The van der Waals surface area contributed by atoms with Crippen molar-refractivity contribution in [2.24, 2.45) is 11.8 Å². The van der Waals surface area contributed by atoms with Gasteiger partial charge < -0.3 is 29.2 Å². The molecule has 3 aromatic rings. The molecule has 2 aliphatic carbocycles. The lowest BCUT2D eigenvalue weighted by molar-refractivity contribution is -0.147. The Labute approximate surface area is 248 Å². The highest BCUT2D eigenvalue weighted by Crippen LogP contribution is 2.47. The number of thiophene rings is 1. The molecule has 3 atom stereocenters. The molecule has 11 heteroatoms. The van der Waals surface area contributed by atoms with Crippen molar-refractivity contribution in [1.82, 2.24) is 9.88 Å². The molecular formula is C31H37N3O7S. The van der Waals surface area contributed by atoms with E-state index in [4.69, 9.17) is 9.15 Å². The number of aliphatic hydroxyl groups is 1. The Morgan fingerprint density at radius 2 is 1.86 bits per heavy atom. The van der Waals surface area contributed by atoms with E-state index in [0.29, 0.717) is 39.6 Å². The Bertz CT molecular complexity index is 1410. The van der Waals surface area contributed by atoms with Crippen molar-refractivity contribution in [3.8, 4) is 10.8 Å². The molecule has 0 spiro atoms. The highest BCUT2D eigenvalue weighted by atomic mass is 32.1. The standard InChI is InChI=1S/C31H37N3O7S/c1-18-25(28(37)33(4)31(2,3)30(38)39)29(42-26(18)27-32-10-11-40-27)34(17-35)16-24(19-8-6-5-7-9-19)41-23-14-20-12-22(36)13-21(20)15-23/h5-11,17,20-24,36H,12-16H2,1-4H3,(H,38,39). The number of amides is 2. The number of hydrogen-bond donors (Lipinski definition) is 2. The van der Waals surface area contributed by atoms with Gasteiger partial charge in [0.05, 0.1) is 35.4 Å². The van der Waals surface area contributed by atoms with Crippen LogP contribution >= 0.6 is 11.3 Å². The van der Waals surface area contributed by atoms with E-state index in [-0.39, 0.29) is 24.3 Å². The van der Waals surface area contributed by atoms with Crippen molar-refractivity contribution in [1.29, 1.82) is 0 Å². The molecule has 5 rings (SSSR count). The number of ether oxygens (including phenoxy) is 1. The van der Waals surface area contributed by atoms with E-state index in [2.05, 4.69) is 4.98 Å². The predicted octanol–water partition coefficient (Wildman–Crippen LogP) is 4.92. The van der Waals surface area contributed by atoms with Crippen molar-refractivity contribution in [3.63, 3.8) is 0 Å². The zero-order chi connectivity index (χ0) is 30.2. The minimum absolute atomic E-state index is 0.0113. The van der Waals surface area contributed by atoms with E-state index < -0.39 is 23.5 Å². The number of benzene rings is 1. The van der Waals surface area contributed by atoms with Crippen LogP contribution in [0.3, 0.4) is 0 Å². The number of nitrogens with zero attached hydrogens (tertiary/aromatic N) is 3. The third-order valence-corrected chi connectivity index (χ3v) is 10.2. The second-order valence-corrected chi connectivity index (χ2v) is 12.8. The van der Waals surface area contributed by atoms with Gasteiger partial charge in [0.15, 0.2) is 0 Å². The summed E-state index contributed by atoms with van der Waals surface area (Å²) in [6.45, 7) is 4.79. The van der Waals surface area contributed by atoms with Crippen molar-refractivity contribution < 1.29 is 33.8 Å². The number of rotatable bonds is 11. The topological polar surface area (TPSA) is 133 Å². The number of anilines is 1. The Morgan fingerprint density at radius 1 is 1.19 bits per heavy atom. The van der Waals surface area contributed by atoms with Crippen molar-refractivity contribution in [2.75, 3.05) is 18.5 Å². The fourth-order valence-corrected chi connectivity index (χ4v) is 7.39. The van der Waals surface area contributed by atoms with Crippen LogP contribution in [0.5, 0.6) is 0 Å². The first kappa shape index (κ1) is 29.9. The molecule has 1 aromatic carbocycles. The van der Waals surface area contributed by atoms with E-state index in [1.807, 2.05) is 30.3 Å². The molecule has 10 nitrogen and oxygen atoms in total. The van der Waals surface area contributed by atoms with Gasteiger partial charge in [0, 0.05) is 7.05 Å². The van der Waals surface area contributed by atoms with Gasteiger partial charge in [-0.15, -0.1) is 11.3 Å². The first-order chi connectivity index (χ1) is 20.0. The second-order valence-electron chi connectivity index (χ2n) is 11.8. The first-order valence-corrected chi connectivity index (χ1v) is 15.0. The van der Waals surface area contributed by atoms with Crippen molar-refractivity contribution in [3.05, 3.63) is 59.5 Å². The van der Waals surface area contributed by atoms with Gasteiger partial charge in [0.2, 0.25) is 12.3 Å². The normalized spacial score (nSPS) is 22.5. The van der Waals surface area contributed by atoms with Gasteiger partial charge in [-0.2, -0.15) is 0 Å². The first-order valence-electron chi connectivity index (χ1n) is 14.2. The quantitative estimate of drug-likeness (QED) is 0.299. The molecule has 224 valence electrons. The number of carbonyl (C=O) groups is 3. The molecule has 2 saturated carbocycles. The third kappa shape index (κ3) is 5.73. The van der Waals surface area contributed by atoms with E-state index >= 15 is 0 Å². The zero-order valence-electron chi connectivity index (χ0n) is 24.2. The highest BCUT2D eigenvalue weighted by molar-refractivity contribution is 7.20. The summed E-state index contributed by atoms with van der Waals surface area (Å²) >= 11 is 1.20. The van der Waals surface area contributed by atoms with E-state index in [9.17, 15) is 24.6 Å². The number of likely N-dealkylation sites (N-methyl/N-ethyl adjacent to an activating group) is 1. The van der Waals surface area contributed by atoms with Gasteiger partial charge in [-0.1, -0.05) is 30.3 Å². The predicted molar refractivity (Wildman–Crippen MR) is 157 cm³/mol. The molecule has 2 fully saturated rings. The summed E-state index contributed by atoms with van der Waals surface area (Å²) in [7, 11) is 1.44. The fourth-order valence-electron chi connectivity index (χ4n) is 6.18. The van der Waals surface area contributed by atoms with Crippen LogP contribution in [0, 0.1) is 18.8 Å². The smallest absolute Gasteiger partial charge is 0.329 e. The zero-order valence-corrected chi connectivity index (χ0v) is 25.0. The average molecular weight is 596 g/mol.